The van der Waals surface area contributed by atoms with E-state index in [1.807, 2.05) is 0 Å². The SMILES string of the molecule is CC(C)(F)C(CC(=O)O)C1CCC1. The molecule has 0 aromatic heterocycles. The minimum atomic E-state index is -1.36. The van der Waals surface area contributed by atoms with E-state index in [9.17, 15) is 9.18 Å². The van der Waals surface area contributed by atoms with Gasteiger partial charge in [-0.1, -0.05) is 19.3 Å². The van der Waals surface area contributed by atoms with Gasteiger partial charge in [-0.15, -0.1) is 0 Å². The number of hydrogen-bond acceptors (Lipinski definition) is 1. The van der Waals surface area contributed by atoms with E-state index in [0.29, 0.717) is 0 Å². The van der Waals surface area contributed by atoms with Crippen LogP contribution in [0.3, 0.4) is 0 Å². The van der Waals surface area contributed by atoms with Gasteiger partial charge in [0.2, 0.25) is 0 Å². The number of carboxylic acid groups (broad SMARTS) is 1. The number of aliphatic carboxylic acids is 1. The van der Waals surface area contributed by atoms with E-state index in [1.165, 1.54) is 13.8 Å². The third-order valence-electron chi connectivity index (χ3n) is 3.00. The van der Waals surface area contributed by atoms with Gasteiger partial charge in [-0.2, -0.15) is 0 Å². The Balaban J connectivity index is 2.58. The molecule has 0 saturated heterocycles. The van der Waals surface area contributed by atoms with Gasteiger partial charge in [0.05, 0.1) is 6.42 Å². The maximum absolute atomic E-state index is 13.6. The Kier molecular flexibility index (Phi) is 2.94. The van der Waals surface area contributed by atoms with E-state index in [1.54, 1.807) is 0 Å². The summed E-state index contributed by atoms with van der Waals surface area (Å²) < 4.78 is 13.6. The molecular weight excluding hydrogens is 171 g/mol. The zero-order valence-corrected chi connectivity index (χ0v) is 8.22. The normalized spacial score (nSPS) is 20.8. The number of alkyl halides is 1. The molecule has 1 atom stereocenters. The number of rotatable bonds is 4. The average molecular weight is 188 g/mol. The number of carbonyl (C=O) groups is 1. The molecule has 0 radical (unpaired) electrons. The van der Waals surface area contributed by atoms with Crippen LogP contribution in [0, 0.1) is 11.8 Å². The van der Waals surface area contributed by atoms with Gasteiger partial charge in [0, 0.05) is 5.92 Å². The molecule has 1 fully saturated rings. The highest BCUT2D eigenvalue weighted by Crippen LogP contribution is 2.42. The van der Waals surface area contributed by atoms with E-state index in [2.05, 4.69) is 0 Å². The minimum absolute atomic E-state index is 0.0336. The zero-order chi connectivity index (χ0) is 10.1. The smallest absolute Gasteiger partial charge is 0.303 e. The molecular formula is C10H17FO2. The maximum atomic E-state index is 13.6. The van der Waals surface area contributed by atoms with Gasteiger partial charge >= 0.3 is 5.97 Å². The number of halogens is 1. The van der Waals surface area contributed by atoms with Crippen molar-refractivity contribution in [3.63, 3.8) is 0 Å². The monoisotopic (exact) mass is 188 g/mol. The van der Waals surface area contributed by atoms with Gasteiger partial charge in [-0.3, -0.25) is 4.79 Å². The standard InChI is InChI=1S/C10H17FO2/c1-10(2,11)8(6-9(12)13)7-4-3-5-7/h7-8H,3-6H2,1-2H3,(H,12,13). The summed E-state index contributed by atoms with van der Waals surface area (Å²) >= 11 is 0. The second-order valence-corrected chi connectivity index (χ2v) is 4.46. The number of hydrogen-bond donors (Lipinski definition) is 1. The highest BCUT2D eigenvalue weighted by Gasteiger charge is 2.39. The molecule has 0 aromatic carbocycles. The molecule has 1 saturated carbocycles. The van der Waals surface area contributed by atoms with Crippen molar-refractivity contribution in [2.24, 2.45) is 11.8 Å². The molecule has 3 heteroatoms. The molecule has 1 unspecified atom stereocenters. The third kappa shape index (κ3) is 2.68. The lowest BCUT2D eigenvalue weighted by Crippen LogP contribution is -2.37. The topological polar surface area (TPSA) is 37.3 Å². The first kappa shape index (κ1) is 10.5. The van der Waals surface area contributed by atoms with Crippen LogP contribution in [-0.4, -0.2) is 16.7 Å². The van der Waals surface area contributed by atoms with Crippen LogP contribution in [0.5, 0.6) is 0 Å². The Hall–Kier alpha value is -0.600. The van der Waals surface area contributed by atoms with Gasteiger partial charge in [-0.05, 0) is 19.8 Å². The molecule has 0 aliphatic heterocycles. The summed E-state index contributed by atoms with van der Waals surface area (Å²) in [4.78, 5) is 10.5. The van der Waals surface area contributed by atoms with Gasteiger partial charge in [-0.25, -0.2) is 4.39 Å². The fraction of sp³-hybridized carbons (Fsp3) is 0.900. The van der Waals surface area contributed by atoms with Crippen molar-refractivity contribution in [1.82, 2.24) is 0 Å². The quantitative estimate of drug-likeness (QED) is 0.736. The van der Waals surface area contributed by atoms with Crippen molar-refractivity contribution < 1.29 is 14.3 Å². The van der Waals surface area contributed by atoms with Crippen LogP contribution in [-0.2, 0) is 4.79 Å². The van der Waals surface area contributed by atoms with E-state index >= 15 is 0 Å². The van der Waals surface area contributed by atoms with E-state index in [4.69, 9.17) is 5.11 Å². The van der Waals surface area contributed by atoms with Crippen molar-refractivity contribution in [2.45, 2.75) is 45.2 Å². The van der Waals surface area contributed by atoms with E-state index in [0.717, 1.165) is 19.3 Å². The van der Waals surface area contributed by atoms with E-state index < -0.39 is 11.6 Å². The maximum Gasteiger partial charge on any atom is 0.303 e. The van der Waals surface area contributed by atoms with Crippen LogP contribution in [0.1, 0.15) is 39.5 Å². The Morgan fingerprint density at radius 2 is 2.15 bits per heavy atom. The highest BCUT2D eigenvalue weighted by atomic mass is 19.1. The minimum Gasteiger partial charge on any atom is -0.481 e. The Labute approximate surface area is 78.1 Å². The average Bonchev–Trinajstić information content (AvgIpc) is 1.78. The zero-order valence-electron chi connectivity index (χ0n) is 8.22. The summed E-state index contributed by atoms with van der Waals surface area (Å²) in [5.74, 6) is -0.905. The summed E-state index contributed by atoms with van der Waals surface area (Å²) in [6.45, 7) is 2.97. The van der Waals surface area contributed by atoms with Crippen LogP contribution in [0.4, 0.5) is 4.39 Å². The van der Waals surface area contributed by atoms with Crippen molar-refractivity contribution in [1.29, 1.82) is 0 Å². The molecule has 0 bridgehead atoms. The first-order valence-electron chi connectivity index (χ1n) is 4.82. The fourth-order valence-corrected chi connectivity index (χ4v) is 2.00. The third-order valence-corrected chi connectivity index (χ3v) is 3.00. The van der Waals surface area contributed by atoms with Crippen LogP contribution in [0.2, 0.25) is 0 Å². The highest BCUT2D eigenvalue weighted by molar-refractivity contribution is 5.67. The summed E-state index contributed by atoms with van der Waals surface area (Å²) in [5, 5.41) is 8.65. The summed E-state index contributed by atoms with van der Waals surface area (Å²) in [7, 11) is 0. The second-order valence-electron chi connectivity index (χ2n) is 4.46. The molecule has 0 spiro atoms. The van der Waals surface area contributed by atoms with E-state index in [-0.39, 0.29) is 18.3 Å². The van der Waals surface area contributed by atoms with Crippen molar-refractivity contribution in [3.8, 4) is 0 Å². The molecule has 0 aromatic rings. The molecule has 1 rings (SSSR count). The molecule has 2 nitrogen and oxygen atoms in total. The Bertz CT molecular complexity index is 192. The number of carboxylic acids is 1. The molecule has 1 N–H and O–H groups in total. The van der Waals surface area contributed by atoms with Crippen molar-refractivity contribution >= 4 is 5.97 Å². The summed E-state index contributed by atoms with van der Waals surface area (Å²) in [5.41, 5.74) is -1.36. The lowest BCUT2D eigenvalue weighted by molar-refractivity contribution is -0.140. The van der Waals surface area contributed by atoms with Crippen LogP contribution in [0.25, 0.3) is 0 Å². The lowest BCUT2D eigenvalue weighted by Gasteiger charge is -2.38. The first-order valence-corrected chi connectivity index (χ1v) is 4.82. The predicted molar refractivity (Wildman–Crippen MR) is 48.3 cm³/mol. The van der Waals surface area contributed by atoms with Gasteiger partial charge in [0.1, 0.15) is 5.67 Å². The van der Waals surface area contributed by atoms with Gasteiger partial charge in [0.25, 0.3) is 0 Å². The van der Waals surface area contributed by atoms with Crippen molar-refractivity contribution in [3.05, 3.63) is 0 Å². The molecule has 0 amide bonds. The van der Waals surface area contributed by atoms with Crippen LogP contribution in [0.15, 0.2) is 0 Å². The van der Waals surface area contributed by atoms with Crippen LogP contribution >= 0.6 is 0 Å². The molecule has 1 aliphatic carbocycles. The van der Waals surface area contributed by atoms with Gasteiger partial charge in [0.15, 0.2) is 0 Å². The van der Waals surface area contributed by atoms with Crippen molar-refractivity contribution in [2.75, 3.05) is 0 Å². The second kappa shape index (κ2) is 3.64. The van der Waals surface area contributed by atoms with Gasteiger partial charge < -0.3 is 5.11 Å². The Morgan fingerprint density at radius 3 is 2.38 bits per heavy atom. The first-order chi connectivity index (χ1) is 5.91. The molecule has 13 heavy (non-hydrogen) atoms. The molecule has 1 aliphatic rings. The molecule has 0 heterocycles. The Morgan fingerprint density at radius 1 is 1.62 bits per heavy atom. The lowest BCUT2D eigenvalue weighted by atomic mass is 9.69. The fourth-order valence-electron chi connectivity index (χ4n) is 2.00. The van der Waals surface area contributed by atoms with Crippen LogP contribution < -0.4 is 0 Å². The molecule has 76 valence electrons. The predicted octanol–water partition coefficient (Wildman–Crippen LogP) is 2.63. The summed E-state index contributed by atoms with van der Waals surface area (Å²) in [6, 6.07) is 0. The summed E-state index contributed by atoms with van der Waals surface area (Å²) in [6.07, 6.45) is 3.07. The largest absolute Gasteiger partial charge is 0.481 e.